The van der Waals surface area contributed by atoms with Crippen LogP contribution in [-0.4, -0.2) is 24.7 Å². The van der Waals surface area contributed by atoms with Gasteiger partial charge in [-0.15, -0.1) is 0 Å². The first-order valence-corrected chi connectivity index (χ1v) is 9.59. The van der Waals surface area contributed by atoms with E-state index in [1.807, 2.05) is 38.2 Å². The first-order chi connectivity index (χ1) is 13.8. The predicted molar refractivity (Wildman–Crippen MR) is 113 cm³/mol. The van der Waals surface area contributed by atoms with Crippen molar-refractivity contribution >= 4 is 11.0 Å². The molecule has 0 radical (unpaired) electrons. The predicted octanol–water partition coefficient (Wildman–Crippen LogP) is 3.13. The summed E-state index contributed by atoms with van der Waals surface area (Å²) in [6, 6.07) is 7.93. The lowest BCUT2D eigenvalue weighted by Crippen LogP contribution is -2.30. The molecule has 0 aliphatic heterocycles. The number of pyridine rings is 1. The number of aryl methyl sites for hydroxylation is 2. The van der Waals surface area contributed by atoms with Crippen LogP contribution in [0.3, 0.4) is 0 Å². The molecule has 4 rings (SSSR count). The van der Waals surface area contributed by atoms with Crippen molar-refractivity contribution < 1.29 is 0 Å². The minimum atomic E-state index is -0.551. The van der Waals surface area contributed by atoms with E-state index in [0.717, 1.165) is 34.1 Å². The third-order valence-corrected chi connectivity index (χ3v) is 5.23. The summed E-state index contributed by atoms with van der Waals surface area (Å²) in [6.45, 7) is 8.35. The molecular formula is C22H23N5O2. The summed E-state index contributed by atoms with van der Waals surface area (Å²) in [5, 5.41) is 3.94. The Kier molecular flexibility index (Phi) is 4.66. The summed E-state index contributed by atoms with van der Waals surface area (Å²) in [6.07, 6.45) is 3.83. The van der Waals surface area contributed by atoms with Crippen molar-refractivity contribution in [2.24, 2.45) is 0 Å². The lowest BCUT2D eigenvalue weighted by atomic mass is 9.97. The molecule has 4 aromatic rings. The van der Waals surface area contributed by atoms with E-state index in [-0.39, 0.29) is 0 Å². The van der Waals surface area contributed by atoms with Crippen LogP contribution < -0.4 is 11.2 Å². The molecular weight excluding hydrogens is 366 g/mol. The van der Waals surface area contributed by atoms with Gasteiger partial charge in [0.05, 0.1) is 16.7 Å². The van der Waals surface area contributed by atoms with Crippen molar-refractivity contribution in [3.63, 3.8) is 0 Å². The topological polar surface area (TPSA) is 96.4 Å². The highest BCUT2D eigenvalue weighted by Gasteiger charge is 2.13. The number of hydrogen-bond donors (Lipinski definition) is 2. The van der Waals surface area contributed by atoms with Crippen LogP contribution in [0.2, 0.25) is 0 Å². The Labute approximate surface area is 167 Å². The molecule has 0 fully saturated rings. The molecule has 3 aromatic heterocycles. The quantitative estimate of drug-likeness (QED) is 0.560. The number of rotatable bonds is 4. The lowest BCUT2D eigenvalue weighted by Gasteiger charge is -2.13. The lowest BCUT2D eigenvalue weighted by molar-refractivity contribution is 0.747. The van der Waals surface area contributed by atoms with Gasteiger partial charge in [-0.25, -0.2) is 4.79 Å². The van der Waals surface area contributed by atoms with Crippen molar-refractivity contribution in [1.82, 2.24) is 24.7 Å². The summed E-state index contributed by atoms with van der Waals surface area (Å²) in [7, 11) is 0. The Balaban J connectivity index is 1.73. The molecule has 2 N–H and O–H groups in total. The normalized spacial score (nSPS) is 11.5. The van der Waals surface area contributed by atoms with Gasteiger partial charge in [0.25, 0.3) is 5.56 Å². The summed E-state index contributed by atoms with van der Waals surface area (Å²) < 4.78 is 1.20. The SMILES string of the molecule is Cc1cc(-n2ncc(=O)[nH]c2=O)cc(C)c1Cc1ccc2[nH]cc(C(C)C)c2n1. The number of aromatic amines is 2. The zero-order valence-electron chi connectivity index (χ0n) is 16.9. The van der Waals surface area contributed by atoms with E-state index in [4.69, 9.17) is 4.98 Å². The molecule has 0 aliphatic rings. The highest BCUT2D eigenvalue weighted by molar-refractivity contribution is 5.79. The van der Waals surface area contributed by atoms with Crippen LogP contribution in [0.4, 0.5) is 0 Å². The maximum absolute atomic E-state index is 12.1. The number of benzene rings is 1. The van der Waals surface area contributed by atoms with Crippen LogP contribution in [-0.2, 0) is 6.42 Å². The van der Waals surface area contributed by atoms with Gasteiger partial charge in [-0.2, -0.15) is 9.78 Å². The largest absolute Gasteiger partial charge is 0.360 e. The number of aromatic nitrogens is 5. The first-order valence-electron chi connectivity index (χ1n) is 9.59. The van der Waals surface area contributed by atoms with Crippen molar-refractivity contribution in [2.45, 2.75) is 40.0 Å². The van der Waals surface area contributed by atoms with Gasteiger partial charge in [0.2, 0.25) is 0 Å². The number of nitrogens with zero attached hydrogens (tertiary/aromatic N) is 3. The minimum absolute atomic E-state index is 0.400. The Morgan fingerprint density at radius 1 is 1.10 bits per heavy atom. The average molecular weight is 389 g/mol. The van der Waals surface area contributed by atoms with Crippen molar-refractivity contribution in [3.8, 4) is 5.69 Å². The summed E-state index contributed by atoms with van der Waals surface area (Å²) >= 11 is 0. The summed E-state index contributed by atoms with van der Waals surface area (Å²) in [4.78, 5) is 33.7. The van der Waals surface area contributed by atoms with Gasteiger partial charge in [-0.3, -0.25) is 14.8 Å². The van der Waals surface area contributed by atoms with E-state index in [1.54, 1.807) is 0 Å². The fourth-order valence-corrected chi connectivity index (χ4v) is 3.69. The van der Waals surface area contributed by atoms with Gasteiger partial charge < -0.3 is 4.98 Å². The van der Waals surface area contributed by atoms with Crippen molar-refractivity contribution in [1.29, 1.82) is 0 Å². The standard InChI is InChI=1S/C22H23N5O2/c1-12(2)18-10-23-19-6-5-15(25-21(18)19)9-17-13(3)7-16(8-14(17)4)27-22(29)26-20(28)11-24-27/h5-8,10-12,23H,9H2,1-4H3,(H,26,28,29). The second-order valence-corrected chi connectivity index (χ2v) is 7.68. The Bertz CT molecular complexity index is 1300. The maximum Gasteiger partial charge on any atom is 0.349 e. The van der Waals surface area contributed by atoms with E-state index in [2.05, 4.69) is 35.0 Å². The molecule has 29 heavy (non-hydrogen) atoms. The van der Waals surface area contributed by atoms with Crippen LogP contribution in [0.1, 0.15) is 47.7 Å². The monoisotopic (exact) mass is 389 g/mol. The van der Waals surface area contributed by atoms with E-state index in [9.17, 15) is 9.59 Å². The minimum Gasteiger partial charge on any atom is -0.360 e. The van der Waals surface area contributed by atoms with E-state index in [0.29, 0.717) is 18.0 Å². The van der Waals surface area contributed by atoms with Gasteiger partial charge in [-0.1, -0.05) is 13.8 Å². The van der Waals surface area contributed by atoms with Crippen molar-refractivity contribution in [3.05, 3.63) is 85.4 Å². The maximum atomic E-state index is 12.1. The third-order valence-electron chi connectivity index (χ3n) is 5.23. The van der Waals surface area contributed by atoms with Crippen LogP contribution in [0.5, 0.6) is 0 Å². The molecule has 3 heterocycles. The molecule has 0 aliphatic carbocycles. The summed E-state index contributed by atoms with van der Waals surface area (Å²) in [5.41, 5.74) is 7.10. The van der Waals surface area contributed by atoms with Crippen LogP contribution in [0, 0.1) is 13.8 Å². The van der Waals surface area contributed by atoms with Crippen molar-refractivity contribution in [2.75, 3.05) is 0 Å². The highest BCUT2D eigenvalue weighted by Crippen LogP contribution is 2.26. The van der Waals surface area contributed by atoms with Crippen LogP contribution in [0.15, 0.2) is 46.2 Å². The number of H-pyrrole nitrogens is 2. The zero-order chi connectivity index (χ0) is 20.7. The molecule has 0 saturated heterocycles. The molecule has 0 amide bonds. The smallest absolute Gasteiger partial charge is 0.349 e. The molecule has 1 aromatic carbocycles. The highest BCUT2D eigenvalue weighted by atomic mass is 16.2. The molecule has 0 spiro atoms. The average Bonchev–Trinajstić information content (AvgIpc) is 3.08. The molecule has 0 atom stereocenters. The van der Waals surface area contributed by atoms with Crippen LogP contribution in [0.25, 0.3) is 16.7 Å². The Morgan fingerprint density at radius 3 is 2.48 bits per heavy atom. The Hall–Kier alpha value is -3.48. The first kappa shape index (κ1) is 18.9. The molecule has 0 saturated carbocycles. The van der Waals surface area contributed by atoms with E-state index in [1.165, 1.54) is 15.8 Å². The molecule has 7 nitrogen and oxygen atoms in total. The fourth-order valence-electron chi connectivity index (χ4n) is 3.69. The third kappa shape index (κ3) is 3.51. The molecule has 7 heteroatoms. The number of fused-ring (bicyclic) bond motifs is 1. The van der Waals surface area contributed by atoms with Gasteiger partial charge in [0.15, 0.2) is 0 Å². The van der Waals surface area contributed by atoms with Gasteiger partial charge >= 0.3 is 5.69 Å². The van der Waals surface area contributed by atoms with E-state index >= 15 is 0 Å². The van der Waals surface area contributed by atoms with Gasteiger partial charge in [0, 0.05) is 18.3 Å². The van der Waals surface area contributed by atoms with Gasteiger partial charge in [0.1, 0.15) is 6.20 Å². The number of hydrogen-bond acceptors (Lipinski definition) is 4. The summed E-state index contributed by atoms with van der Waals surface area (Å²) in [5.74, 6) is 0.400. The molecule has 0 unspecified atom stereocenters. The van der Waals surface area contributed by atoms with E-state index < -0.39 is 11.2 Å². The molecule has 148 valence electrons. The molecule has 0 bridgehead atoms. The van der Waals surface area contributed by atoms with Gasteiger partial charge in [-0.05, 0) is 66.3 Å². The second kappa shape index (κ2) is 7.16. The Morgan fingerprint density at radius 2 is 1.83 bits per heavy atom. The van der Waals surface area contributed by atoms with Crippen LogP contribution >= 0.6 is 0 Å². The number of nitrogens with one attached hydrogen (secondary N) is 2. The fraction of sp³-hybridized carbons (Fsp3) is 0.273. The zero-order valence-corrected chi connectivity index (χ0v) is 16.9. The second-order valence-electron chi connectivity index (χ2n) is 7.68.